The Balaban J connectivity index is 1.94. The predicted molar refractivity (Wildman–Crippen MR) is 53.5 cm³/mol. The molecule has 0 radical (unpaired) electrons. The van der Waals surface area contributed by atoms with E-state index >= 15 is 0 Å². The summed E-state index contributed by atoms with van der Waals surface area (Å²) in [5.74, 6) is 0. The van der Waals surface area contributed by atoms with E-state index in [1.54, 1.807) is 0 Å². The highest BCUT2D eigenvalue weighted by Crippen LogP contribution is 2.34. The number of pyridine rings is 1. The van der Waals surface area contributed by atoms with E-state index in [1.165, 1.54) is 24.0 Å². The Morgan fingerprint density at radius 3 is 2.85 bits per heavy atom. The van der Waals surface area contributed by atoms with Crippen molar-refractivity contribution in [2.75, 3.05) is 0 Å². The minimum atomic E-state index is 0.420. The third-order valence-corrected chi connectivity index (χ3v) is 2.65. The van der Waals surface area contributed by atoms with E-state index in [2.05, 4.69) is 30.2 Å². The zero-order valence-electron chi connectivity index (χ0n) is 8.30. The molecule has 2 rings (SSSR count). The maximum absolute atomic E-state index is 4.17. The molecule has 2 nitrogen and oxygen atoms in total. The summed E-state index contributed by atoms with van der Waals surface area (Å²) in [6.07, 6.45) is 6.45. The summed E-state index contributed by atoms with van der Waals surface area (Å²) in [7, 11) is 0. The third-order valence-electron chi connectivity index (χ3n) is 2.65. The molecule has 0 bridgehead atoms. The zero-order chi connectivity index (χ0) is 9.31. The van der Waals surface area contributed by atoms with Crippen molar-refractivity contribution in [1.29, 1.82) is 0 Å². The van der Waals surface area contributed by atoms with Crippen molar-refractivity contribution in [3.8, 4) is 0 Å². The van der Waals surface area contributed by atoms with E-state index in [0.717, 1.165) is 6.54 Å². The van der Waals surface area contributed by atoms with Gasteiger partial charge < -0.3 is 5.32 Å². The summed E-state index contributed by atoms with van der Waals surface area (Å²) < 4.78 is 0. The summed E-state index contributed by atoms with van der Waals surface area (Å²) in [6, 6.07) is 2.19. The minimum absolute atomic E-state index is 0.420. The molecule has 1 heterocycles. The average Bonchev–Trinajstić information content (AvgIpc) is 2.82. The van der Waals surface area contributed by atoms with E-state index in [-0.39, 0.29) is 0 Å². The van der Waals surface area contributed by atoms with Crippen LogP contribution in [0.1, 0.15) is 30.9 Å². The van der Waals surface area contributed by atoms with Crippen LogP contribution in [0.25, 0.3) is 0 Å². The highest BCUT2D eigenvalue weighted by Gasteiger charge is 2.36. The SMILES string of the molecule is Cc1cncc(CNC2(C)CC2)c1. The van der Waals surface area contributed by atoms with Crippen LogP contribution in [0, 0.1) is 6.92 Å². The van der Waals surface area contributed by atoms with Crippen molar-refractivity contribution in [2.45, 2.75) is 38.8 Å². The molecule has 1 aromatic rings. The number of nitrogens with one attached hydrogen (secondary N) is 1. The van der Waals surface area contributed by atoms with Gasteiger partial charge in [0.2, 0.25) is 0 Å². The fraction of sp³-hybridized carbons (Fsp3) is 0.545. The molecule has 1 aromatic heterocycles. The van der Waals surface area contributed by atoms with Gasteiger partial charge in [-0.05, 0) is 37.8 Å². The number of aryl methyl sites for hydroxylation is 1. The van der Waals surface area contributed by atoms with Gasteiger partial charge in [-0.15, -0.1) is 0 Å². The van der Waals surface area contributed by atoms with E-state index < -0.39 is 0 Å². The first-order valence-corrected chi connectivity index (χ1v) is 4.84. The molecule has 0 amide bonds. The van der Waals surface area contributed by atoms with Gasteiger partial charge in [0.25, 0.3) is 0 Å². The van der Waals surface area contributed by atoms with Crippen LogP contribution >= 0.6 is 0 Å². The predicted octanol–water partition coefficient (Wildman–Crippen LogP) is 2.03. The van der Waals surface area contributed by atoms with Gasteiger partial charge in [-0.3, -0.25) is 4.98 Å². The van der Waals surface area contributed by atoms with Crippen LogP contribution in [0.3, 0.4) is 0 Å². The van der Waals surface area contributed by atoms with Crippen LogP contribution in [-0.4, -0.2) is 10.5 Å². The largest absolute Gasteiger partial charge is 0.307 e. The molecule has 0 unspecified atom stereocenters. The van der Waals surface area contributed by atoms with Crippen molar-refractivity contribution in [1.82, 2.24) is 10.3 Å². The lowest BCUT2D eigenvalue weighted by Crippen LogP contribution is -2.26. The highest BCUT2D eigenvalue weighted by molar-refractivity contribution is 5.17. The van der Waals surface area contributed by atoms with E-state index in [4.69, 9.17) is 0 Å². The Bertz CT molecular complexity index is 303. The number of hydrogen-bond donors (Lipinski definition) is 1. The zero-order valence-corrected chi connectivity index (χ0v) is 8.30. The van der Waals surface area contributed by atoms with Crippen molar-refractivity contribution in [3.05, 3.63) is 29.6 Å². The summed E-state index contributed by atoms with van der Waals surface area (Å²) in [5.41, 5.74) is 2.94. The van der Waals surface area contributed by atoms with Crippen LogP contribution in [0.15, 0.2) is 18.5 Å². The molecule has 0 atom stereocenters. The van der Waals surface area contributed by atoms with Gasteiger partial charge in [-0.25, -0.2) is 0 Å². The second-order valence-corrected chi connectivity index (χ2v) is 4.28. The first-order chi connectivity index (χ1) is 6.18. The second kappa shape index (κ2) is 3.11. The molecular weight excluding hydrogens is 160 g/mol. The van der Waals surface area contributed by atoms with Gasteiger partial charge in [0, 0.05) is 24.5 Å². The number of hydrogen-bond acceptors (Lipinski definition) is 2. The van der Waals surface area contributed by atoms with Gasteiger partial charge in [-0.1, -0.05) is 6.07 Å². The minimum Gasteiger partial charge on any atom is -0.307 e. The van der Waals surface area contributed by atoms with Gasteiger partial charge in [0.15, 0.2) is 0 Å². The Morgan fingerprint density at radius 1 is 1.46 bits per heavy atom. The summed E-state index contributed by atoms with van der Waals surface area (Å²) in [4.78, 5) is 4.17. The number of rotatable bonds is 3. The topological polar surface area (TPSA) is 24.9 Å². The quantitative estimate of drug-likeness (QED) is 0.762. The average molecular weight is 176 g/mol. The summed E-state index contributed by atoms with van der Waals surface area (Å²) in [5, 5.41) is 3.54. The van der Waals surface area contributed by atoms with Gasteiger partial charge in [0.05, 0.1) is 0 Å². The molecule has 0 aliphatic heterocycles. The van der Waals surface area contributed by atoms with Crippen LogP contribution in [0.5, 0.6) is 0 Å². The Kier molecular flexibility index (Phi) is 2.08. The van der Waals surface area contributed by atoms with Crippen molar-refractivity contribution in [3.63, 3.8) is 0 Å². The molecule has 1 N–H and O–H groups in total. The molecule has 13 heavy (non-hydrogen) atoms. The highest BCUT2D eigenvalue weighted by atomic mass is 15.0. The molecule has 0 spiro atoms. The van der Waals surface area contributed by atoms with Gasteiger partial charge in [-0.2, -0.15) is 0 Å². The lowest BCUT2D eigenvalue weighted by Gasteiger charge is -2.10. The standard InChI is InChI=1S/C11H16N2/c1-9-5-10(7-12-6-9)8-13-11(2)3-4-11/h5-7,13H,3-4,8H2,1-2H3. The maximum atomic E-state index is 4.17. The van der Waals surface area contributed by atoms with E-state index in [0.29, 0.717) is 5.54 Å². The summed E-state index contributed by atoms with van der Waals surface area (Å²) >= 11 is 0. The fourth-order valence-corrected chi connectivity index (χ4v) is 1.39. The van der Waals surface area contributed by atoms with Crippen molar-refractivity contribution < 1.29 is 0 Å². The van der Waals surface area contributed by atoms with Crippen LogP contribution in [-0.2, 0) is 6.54 Å². The maximum Gasteiger partial charge on any atom is 0.0313 e. The van der Waals surface area contributed by atoms with E-state index in [9.17, 15) is 0 Å². The molecule has 70 valence electrons. The van der Waals surface area contributed by atoms with E-state index in [1.807, 2.05) is 12.4 Å². The third kappa shape index (κ3) is 2.28. The molecule has 0 saturated heterocycles. The van der Waals surface area contributed by atoms with Gasteiger partial charge >= 0.3 is 0 Å². The monoisotopic (exact) mass is 176 g/mol. The van der Waals surface area contributed by atoms with Crippen molar-refractivity contribution in [2.24, 2.45) is 0 Å². The molecule has 1 aliphatic carbocycles. The number of aromatic nitrogens is 1. The Labute approximate surface area is 79.4 Å². The van der Waals surface area contributed by atoms with Crippen LogP contribution in [0.2, 0.25) is 0 Å². The molecule has 2 heteroatoms. The molecule has 1 aliphatic rings. The Hall–Kier alpha value is -0.890. The normalized spacial score (nSPS) is 18.6. The Morgan fingerprint density at radius 2 is 2.23 bits per heavy atom. The summed E-state index contributed by atoms with van der Waals surface area (Å²) in [6.45, 7) is 5.30. The lowest BCUT2D eigenvalue weighted by molar-refractivity contribution is 0.537. The second-order valence-electron chi connectivity index (χ2n) is 4.28. The number of nitrogens with zero attached hydrogens (tertiary/aromatic N) is 1. The first-order valence-electron chi connectivity index (χ1n) is 4.84. The molecule has 1 fully saturated rings. The smallest absolute Gasteiger partial charge is 0.0313 e. The lowest BCUT2D eigenvalue weighted by atomic mass is 10.2. The van der Waals surface area contributed by atoms with Gasteiger partial charge in [0.1, 0.15) is 0 Å². The molecule has 0 aromatic carbocycles. The van der Waals surface area contributed by atoms with Crippen LogP contribution < -0.4 is 5.32 Å². The molecule has 1 saturated carbocycles. The fourth-order valence-electron chi connectivity index (χ4n) is 1.39. The first kappa shape index (κ1) is 8.70. The molecular formula is C11H16N2. The van der Waals surface area contributed by atoms with Crippen molar-refractivity contribution >= 4 is 0 Å². The van der Waals surface area contributed by atoms with Crippen LogP contribution in [0.4, 0.5) is 0 Å².